The third-order valence-electron chi connectivity index (χ3n) is 6.63. The maximum atomic E-state index is 13.3. The zero-order valence-corrected chi connectivity index (χ0v) is 18.9. The van der Waals surface area contributed by atoms with Crippen molar-refractivity contribution in [2.24, 2.45) is 11.8 Å². The molecule has 1 heterocycles. The molecular weight excluding hydrogens is 398 g/mol. The average molecular weight is 430 g/mol. The van der Waals surface area contributed by atoms with Gasteiger partial charge in [-0.2, -0.15) is 0 Å². The zero-order valence-electron chi connectivity index (χ0n) is 18.9. The topological polar surface area (TPSA) is 85.1 Å². The first kappa shape index (κ1) is 22.0. The number of ketones is 1. The Morgan fingerprint density at radius 1 is 1.09 bits per heavy atom. The summed E-state index contributed by atoms with van der Waals surface area (Å²) in [5.41, 5.74) is 10.6. The van der Waals surface area contributed by atoms with Crippen molar-refractivity contribution in [3.63, 3.8) is 0 Å². The van der Waals surface area contributed by atoms with Gasteiger partial charge in [-0.3, -0.25) is 9.59 Å². The molecule has 3 aromatic rings. The second-order valence-electron chi connectivity index (χ2n) is 8.90. The molecule has 4 rings (SSSR count). The van der Waals surface area contributed by atoms with E-state index >= 15 is 0 Å². The molecule has 2 aromatic carbocycles. The van der Waals surface area contributed by atoms with Gasteiger partial charge in [0.1, 0.15) is 5.82 Å². The molecular formula is C27H31N3O2. The lowest BCUT2D eigenvalue weighted by Crippen LogP contribution is -2.26. The minimum atomic E-state index is -0.196. The van der Waals surface area contributed by atoms with Crippen molar-refractivity contribution >= 4 is 28.4 Å². The highest BCUT2D eigenvalue weighted by Crippen LogP contribution is 2.33. The third-order valence-corrected chi connectivity index (χ3v) is 6.63. The van der Waals surface area contributed by atoms with Crippen LogP contribution in [0, 0.1) is 11.8 Å². The van der Waals surface area contributed by atoms with Gasteiger partial charge in [-0.05, 0) is 54.2 Å². The molecule has 0 bridgehead atoms. The molecule has 0 radical (unpaired) electrons. The van der Waals surface area contributed by atoms with E-state index in [0.29, 0.717) is 12.2 Å². The summed E-state index contributed by atoms with van der Waals surface area (Å²) in [5.74, 6) is 0.626. The molecule has 5 nitrogen and oxygen atoms in total. The smallest absolute Gasteiger partial charge is 0.222 e. The lowest BCUT2D eigenvalue weighted by molar-refractivity contribution is -0.123. The Hall–Kier alpha value is -3.21. The number of hydrogen-bond donors (Lipinski definition) is 2. The molecule has 0 saturated heterocycles. The van der Waals surface area contributed by atoms with Crippen LogP contribution in [0.2, 0.25) is 0 Å². The average Bonchev–Trinajstić information content (AvgIpc) is 2.83. The van der Waals surface area contributed by atoms with Crippen LogP contribution < -0.4 is 11.1 Å². The number of carbonyl (C=O) groups excluding carboxylic acids is 2. The maximum absolute atomic E-state index is 13.3. The third kappa shape index (κ3) is 4.52. The SMILES string of the molecule is CNC(=O)C(C)Cc1cc2cc(-c3ccccc3C(=O)C3CCCCC3)ccc2nc1N. The summed E-state index contributed by atoms with van der Waals surface area (Å²) in [4.78, 5) is 29.8. The van der Waals surface area contributed by atoms with Crippen LogP contribution in [0.1, 0.15) is 54.9 Å². The van der Waals surface area contributed by atoms with Gasteiger partial charge < -0.3 is 11.1 Å². The lowest BCUT2D eigenvalue weighted by atomic mass is 9.82. The Morgan fingerprint density at radius 3 is 2.59 bits per heavy atom. The minimum absolute atomic E-state index is 0.0200. The van der Waals surface area contributed by atoms with Crippen molar-refractivity contribution in [3.8, 4) is 11.1 Å². The Labute approximate surface area is 189 Å². The maximum Gasteiger partial charge on any atom is 0.222 e. The summed E-state index contributed by atoms with van der Waals surface area (Å²) in [7, 11) is 1.64. The van der Waals surface area contributed by atoms with E-state index in [-0.39, 0.29) is 23.5 Å². The van der Waals surface area contributed by atoms with Crippen molar-refractivity contribution in [2.75, 3.05) is 12.8 Å². The number of nitrogen functional groups attached to an aromatic ring is 1. The van der Waals surface area contributed by atoms with Crippen molar-refractivity contribution in [1.29, 1.82) is 0 Å². The molecule has 1 aliphatic carbocycles. The predicted octanol–water partition coefficient (Wildman–Crippen LogP) is 5.17. The summed E-state index contributed by atoms with van der Waals surface area (Å²) in [6.07, 6.45) is 6.00. The first-order valence-corrected chi connectivity index (χ1v) is 11.5. The summed E-state index contributed by atoms with van der Waals surface area (Å²) in [6, 6.07) is 16.0. The predicted molar refractivity (Wildman–Crippen MR) is 129 cm³/mol. The lowest BCUT2D eigenvalue weighted by Gasteiger charge is -2.21. The van der Waals surface area contributed by atoms with Gasteiger partial charge in [-0.25, -0.2) is 4.98 Å². The second kappa shape index (κ2) is 9.51. The molecule has 1 unspecified atom stereocenters. The first-order chi connectivity index (χ1) is 15.5. The number of carbonyl (C=O) groups is 2. The number of benzene rings is 2. The van der Waals surface area contributed by atoms with Crippen molar-refractivity contribution in [1.82, 2.24) is 10.3 Å². The van der Waals surface area contributed by atoms with E-state index < -0.39 is 0 Å². The van der Waals surface area contributed by atoms with Crippen LogP contribution in [-0.2, 0) is 11.2 Å². The molecule has 5 heteroatoms. The van der Waals surface area contributed by atoms with Gasteiger partial charge in [0.2, 0.25) is 5.91 Å². The molecule has 1 fully saturated rings. The van der Waals surface area contributed by atoms with Crippen LogP contribution in [0.15, 0.2) is 48.5 Å². The minimum Gasteiger partial charge on any atom is -0.383 e. The number of pyridine rings is 1. The highest BCUT2D eigenvalue weighted by atomic mass is 16.1. The summed E-state index contributed by atoms with van der Waals surface area (Å²) >= 11 is 0. The van der Waals surface area contributed by atoms with Gasteiger partial charge in [0, 0.05) is 29.8 Å². The number of anilines is 1. The van der Waals surface area contributed by atoms with Crippen LogP contribution in [0.4, 0.5) is 5.82 Å². The molecule has 32 heavy (non-hydrogen) atoms. The number of aromatic nitrogens is 1. The zero-order chi connectivity index (χ0) is 22.7. The molecule has 0 spiro atoms. The summed E-state index contributed by atoms with van der Waals surface area (Å²) in [5, 5.41) is 3.64. The molecule has 1 aromatic heterocycles. The molecule has 1 saturated carbocycles. The van der Waals surface area contributed by atoms with E-state index in [0.717, 1.165) is 58.8 Å². The summed E-state index contributed by atoms with van der Waals surface area (Å²) < 4.78 is 0. The van der Waals surface area contributed by atoms with E-state index in [1.165, 1.54) is 6.42 Å². The first-order valence-electron chi connectivity index (χ1n) is 11.5. The van der Waals surface area contributed by atoms with E-state index in [9.17, 15) is 9.59 Å². The van der Waals surface area contributed by atoms with Crippen LogP contribution in [0.25, 0.3) is 22.0 Å². The highest BCUT2D eigenvalue weighted by Gasteiger charge is 2.24. The van der Waals surface area contributed by atoms with Crippen molar-refractivity contribution in [3.05, 3.63) is 59.7 Å². The van der Waals surface area contributed by atoms with Gasteiger partial charge in [0.15, 0.2) is 5.78 Å². The van der Waals surface area contributed by atoms with E-state index in [4.69, 9.17) is 5.73 Å². The van der Waals surface area contributed by atoms with Crippen LogP contribution >= 0.6 is 0 Å². The number of nitrogens with zero attached hydrogens (tertiary/aromatic N) is 1. The van der Waals surface area contributed by atoms with E-state index in [2.05, 4.69) is 16.4 Å². The Kier molecular flexibility index (Phi) is 6.54. The summed E-state index contributed by atoms with van der Waals surface area (Å²) in [6.45, 7) is 1.88. The van der Waals surface area contributed by atoms with Gasteiger partial charge in [0.25, 0.3) is 0 Å². The number of fused-ring (bicyclic) bond motifs is 1. The van der Waals surface area contributed by atoms with Gasteiger partial charge in [0.05, 0.1) is 5.52 Å². The van der Waals surface area contributed by atoms with Gasteiger partial charge >= 0.3 is 0 Å². The Morgan fingerprint density at radius 2 is 1.84 bits per heavy atom. The number of rotatable bonds is 6. The van der Waals surface area contributed by atoms with Gasteiger partial charge in [-0.1, -0.05) is 56.5 Å². The van der Waals surface area contributed by atoms with Crippen molar-refractivity contribution in [2.45, 2.75) is 45.4 Å². The molecule has 0 aliphatic heterocycles. The normalized spacial score (nSPS) is 15.4. The van der Waals surface area contributed by atoms with Gasteiger partial charge in [-0.15, -0.1) is 0 Å². The van der Waals surface area contributed by atoms with Crippen LogP contribution in [-0.4, -0.2) is 23.7 Å². The van der Waals surface area contributed by atoms with E-state index in [1.54, 1.807) is 7.05 Å². The molecule has 3 N–H and O–H groups in total. The number of nitrogens with two attached hydrogens (primary N) is 1. The second-order valence-corrected chi connectivity index (χ2v) is 8.90. The molecule has 1 aliphatic rings. The Bertz CT molecular complexity index is 1150. The number of nitrogens with one attached hydrogen (secondary N) is 1. The molecule has 166 valence electrons. The quantitative estimate of drug-likeness (QED) is 0.529. The fourth-order valence-corrected chi connectivity index (χ4v) is 4.77. The fourth-order valence-electron chi connectivity index (χ4n) is 4.77. The number of amides is 1. The molecule has 1 atom stereocenters. The standard InChI is InChI=1S/C27H31N3O2/c1-17(27(32)29-2)14-21-16-20-15-19(12-13-24(20)30-26(21)28)22-10-6-7-11-23(22)25(31)18-8-4-3-5-9-18/h6-7,10-13,15-18H,3-5,8-9,14H2,1-2H3,(H2,28,30)(H,29,32). The highest BCUT2D eigenvalue weighted by molar-refractivity contribution is 6.04. The van der Waals surface area contributed by atoms with Crippen molar-refractivity contribution < 1.29 is 9.59 Å². The van der Waals surface area contributed by atoms with E-state index in [1.807, 2.05) is 49.4 Å². The van der Waals surface area contributed by atoms with Crippen LogP contribution in [0.3, 0.4) is 0 Å². The fraction of sp³-hybridized carbons (Fsp3) is 0.370. The largest absolute Gasteiger partial charge is 0.383 e. The molecule has 1 amide bonds. The monoisotopic (exact) mass is 429 g/mol. The number of hydrogen-bond acceptors (Lipinski definition) is 4. The Balaban J connectivity index is 1.70. The van der Waals surface area contributed by atoms with Crippen LogP contribution in [0.5, 0.6) is 0 Å². The number of Topliss-reactive ketones (excluding diaryl/α,β-unsaturated/α-hetero) is 1.